The molecule has 1 unspecified atom stereocenters. The van der Waals surface area contributed by atoms with Crippen LogP contribution in [0.5, 0.6) is 0 Å². The fraction of sp³-hybridized carbons (Fsp3) is 0.667. The predicted molar refractivity (Wildman–Crippen MR) is 39.7 cm³/mol. The van der Waals surface area contributed by atoms with Crippen LogP contribution in [0.2, 0.25) is 0 Å². The van der Waals surface area contributed by atoms with E-state index >= 15 is 0 Å². The van der Waals surface area contributed by atoms with Crippen LogP contribution < -0.4 is 0 Å². The first kappa shape index (κ1) is 6.68. The van der Waals surface area contributed by atoms with Gasteiger partial charge in [0.25, 0.3) is 0 Å². The molecule has 0 heterocycles. The highest BCUT2D eigenvalue weighted by molar-refractivity contribution is 4.90. The molecule has 1 rings (SSSR count). The Kier molecular flexibility index (Phi) is 2.64. The molecule has 0 aromatic heterocycles. The van der Waals surface area contributed by atoms with Crippen LogP contribution in [0.1, 0.15) is 32.1 Å². The standard InChI is InChI=1S/C9H13/c1-2-6-9-7-4-3-5-8-9/h1,4,9H,3,5-8H2. The molecular formula is C9H13. The maximum atomic E-state index is 5.20. The molecule has 1 aliphatic carbocycles. The van der Waals surface area contributed by atoms with Gasteiger partial charge in [0.15, 0.2) is 0 Å². The molecule has 0 aromatic carbocycles. The van der Waals surface area contributed by atoms with Crippen molar-refractivity contribution in [1.29, 1.82) is 0 Å². The Labute approximate surface area is 57.7 Å². The van der Waals surface area contributed by atoms with E-state index in [0.29, 0.717) is 0 Å². The van der Waals surface area contributed by atoms with Gasteiger partial charge in [0.2, 0.25) is 0 Å². The van der Waals surface area contributed by atoms with Crippen molar-refractivity contribution in [3.8, 4) is 12.3 Å². The fourth-order valence-electron chi connectivity index (χ4n) is 1.37. The molecule has 1 radical (unpaired) electrons. The summed E-state index contributed by atoms with van der Waals surface area (Å²) >= 11 is 0. The first-order chi connectivity index (χ1) is 4.43. The highest BCUT2D eigenvalue weighted by Gasteiger charge is 2.11. The molecule has 0 N–H and O–H groups in total. The SMILES string of the molecule is C#CCC1C[CH]CCC1. The van der Waals surface area contributed by atoms with Gasteiger partial charge in [-0.1, -0.05) is 12.8 Å². The van der Waals surface area contributed by atoms with Gasteiger partial charge in [-0.05, 0) is 25.2 Å². The monoisotopic (exact) mass is 121 g/mol. The van der Waals surface area contributed by atoms with Crippen molar-refractivity contribution in [1.82, 2.24) is 0 Å². The number of hydrogen-bond donors (Lipinski definition) is 0. The molecule has 1 aliphatic rings. The van der Waals surface area contributed by atoms with Crippen molar-refractivity contribution < 1.29 is 0 Å². The van der Waals surface area contributed by atoms with E-state index in [1.54, 1.807) is 0 Å². The van der Waals surface area contributed by atoms with Gasteiger partial charge in [-0.2, -0.15) is 0 Å². The summed E-state index contributed by atoms with van der Waals surface area (Å²) in [5.74, 6) is 3.53. The Hall–Kier alpha value is -0.440. The first-order valence-corrected chi connectivity index (χ1v) is 3.68. The lowest BCUT2D eigenvalue weighted by Gasteiger charge is -2.18. The zero-order valence-corrected chi connectivity index (χ0v) is 5.77. The first-order valence-electron chi connectivity index (χ1n) is 3.68. The van der Waals surface area contributed by atoms with Crippen molar-refractivity contribution in [3.63, 3.8) is 0 Å². The van der Waals surface area contributed by atoms with E-state index in [1.165, 1.54) is 25.7 Å². The summed E-state index contributed by atoms with van der Waals surface area (Å²) in [5, 5.41) is 0. The minimum atomic E-state index is 0.809. The lowest BCUT2D eigenvalue weighted by Crippen LogP contribution is -2.04. The van der Waals surface area contributed by atoms with Crippen molar-refractivity contribution in [2.24, 2.45) is 5.92 Å². The number of rotatable bonds is 1. The highest BCUT2D eigenvalue weighted by Crippen LogP contribution is 2.24. The van der Waals surface area contributed by atoms with E-state index in [0.717, 1.165) is 12.3 Å². The second-order valence-electron chi connectivity index (χ2n) is 2.73. The van der Waals surface area contributed by atoms with Crippen molar-refractivity contribution in [2.45, 2.75) is 32.1 Å². The van der Waals surface area contributed by atoms with E-state index in [2.05, 4.69) is 12.3 Å². The third-order valence-corrected chi connectivity index (χ3v) is 1.93. The normalized spacial score (nSPS) is 21.2. The Morgan fingerprint density at radius 1 is 1.67 bits per heavy atom. The largest absolute Gasteiger partial charge is 0.120 e. The molecule has 0 aromatic rings. The maximum Gasteiger partial charge on any atom is 0.0114 e. The van der Waals surface area contributed by atoms with Crippen LogP contribution in [0.3, 0.4) is 0 Å². The Balaban J connectivity index is 2.17. The second kappa shape index (κ2) is 3.56. The molecule has 1 atom stereocenters. The molecule has 1 saturated carbocycles. The summed E-state index contributed by atoms with van der Waals surface area (Å²) in [6.45, 7) is 0. The topological polar surface area (TPSA) is 0 Å². The molecule has 49 valence electrons. The summed E-state index contributed by atoms with van der Waals surface area (Å²) in [6, 6.07) is 0. The van der Waals surface area contributed by atoms with Gasteiger partial charge in [0.05, 0.1) is 0 Å². The van der Waals surface area contributed by atoms with E-state index in [4.69, 9.17) is 6.42 Å². The molecule has 0 saturated heterocycles. The molecule has 0 amide bonds. The van der Waals surface area contributed by atoms with Gasteiger partial charge in [-0.3, -0.25) is 0 Å². The van der Waals surface area contributed by atoms with Crippen LogP contribution in [0, 0.1) is 24.7 Å². The van der Waals surface area contributed by atoms with Gasteiger partial charge in [-0.15, -0.1) is 12.3 Å². The lowest BCUT2D eigenvalue weighted by atomic mass is 9.87. The molecule has 0 bridgehead atoms. The molecular weight excluding hydrogens is 108 g/mol. The summed E-state index contributed by atoms with van der Waals surface area (Å²) in [5.41, 5.74) is 0. The predicted octanol–water partition coefficient (Wildman–Crippen LogP) is 2.40. The van der Waals surface area contributed by atoms with Gasteiger partial charge < -0.3 is 0 Å². The Bertz CT molecular complexity index is 102. The van der Waals surface area contributed by atoms with Gasteiger partial charge in [0, 0.05) is 6.42 Å². The lowest BCUT2D eigenvalue weighted by molar-refractivity contribution is 0.423. The third-order valence-electron chi connectivity index (χ3n) is 1.93. The van der Waals surface area contributed by atoms with Crippen LogP contribution >= 0.6 is 0 Å². The average molecular weight is 121 g/mol. The molecule has 0 nitrogen and oxygen atoms in total. The van der Waals surface area contributed by atoms with Crippen LogP contribution in [0.15, 0.2) is 0 Å². The minimum Gasteiger partial charge on any atom is -0.120 e. The Morgan fingerprint density at radius 2 is 2.56 bits per heavy atom. The number of terminal acetylenes is 1. The smallest absolute Gasteiger partial charge is 0.0114 e. The summed E-state index contributed by atoms with van der Waals surface area (Å²) < 4.78 is 0. The van der Waals surface area contributed by atoms with Crippen molar-refractivity contribution in [3.05, 3.63) is 6.42 Å². The van der Waals surface area contributed by atoms with Crippen LogP contribution in [-0.4, -0.2) is 0 Å². The zero-order chi connectivity index (χ0) is 6.53. The third kappa shape index (κ3) is 2.10. The minimum absolute atomic E-state index is 0.809. The van der Waals surface area contributed by atoms with Crippen LogP contribution in [0.4, 0.5) is 0 Å². The van der Waals surface area contributed by atoms with E-state index < -0.39 is 0 Å². The molecule has 0 heteroatoms. The molecule has 0 spiro atoms. The van der Waals surface area contributed by atoms with Crippen molar-refractivity contribution >= 4 is 0 Å². The summed E-state index contributed by atoms with van der Waals surface area (Å²) in [6.07, 6.45) is 13.8. The second-order valence-corrected chi connectivity index (χ2v) is 2.73. The van der Waals surface area contributed by atoms with Gasteiger partial charge in [-0.25, -0.2) is 0 Å². The Morgan fingerprint density at radius 3 is 3.11 bits per heavy atom. The average Bonchev–Trinajstić information content (AvgIpc) is 1.91. The number of hydrogen-bond acceptors (Lipinski definition) is 0. The zero-order valence-electron chi connectivity index (χ0n) is 5.77. The molecule has 9 heavy (non-hydrogen) atoms. The van der Waals surface area contributed by atoms with E-state index in [1.807, 2.05) is 0 Å². The van der Waals surface area contributed by atoms with Crippen molar-refractivity contribution in [2.75, 3.05) is 0 Å². The van der Waals surface area contributed by atoms with E-state index in [-0.39, 0.29) is 0 Å². The summed E-state index contributed by atoms with van der Waals surface area (Å²) in [7, 11) is 0. The summed E-state index contributed by atoms with van der Waals surface area (Å²) in [4.78, 5) is 0. The maximum absolute atomic E-state index is 5.20. The van der Waals surface area contributed by atoms with Gasteiger partial charge >= 0.3 is 0 Å². The highest BCUT2D eigenvalue weighted by atomic mass is 14.2. The van der Waals surface area contributed by atoms with Crippen LogP contribution in [0.25, 0.3) is 0 Å². The van der Waals surface area contributed by atoms with Crippen LogP contribution in [-0.2, 0) is 0 Å². The fourth-order valence-corrected chi connectivity index (χ4v) is 1.37. The molecule has 0 aliphatic heterocycles. The van der Waals surface area contributed by atoms with Gasteiger partial charge in [0.1, 0.15) is 0 Å². The molecule has 1 fully saturated rings. The van der Waals surface area contributed by atoms with E-state index in [9.17, 15) is 0 Å². The quantitative estimate of drug-likeness (QED) is 0.467.